The Labute approximate surface area is 96.5 Å². The molecule has 0 unspecified atom stereocenters. The van der Waals surface area contributed by atoms with Gasteiger partial charge < -0.3 is 14.4 Å². The lowest BCUT2D eigenvalue weighted by atomic mass is 10.3. The number of carbonyl (C=O) groups is 1. The molecule has 0 aromatic rings. The number of hydrogen-bond donors (Lipinski definition) is 0. The quantitative estimate of drug-likeness (QED) is 0.594. The topological polar surface area (TPSA) is 38.8 Å². The minimum atomic E-state index is -0.446. The van der Waals surface area contributed by atoms with Gasteiger partial charge in [-0.2, -0.15) is 0 Å². The zero-order valence-corrected chi connectivity index (χ0v) is 10.4. The number of ether oxygens (including phenoxy) is 2. The van der Waals surface area contributed by atoms with Gasteiger partial charge in [0.1, 0.15) is 5.38 Å². The number of hydrogen-bond acceptors (Lipinski definition) is 3. The van der Waals surface area contributed by atoms with E-state index in [0.717, 1.165) is 0 Å². The molecule has 15 heavy (non-hydrogen) atoms. The minimum Gasteiger partial charge on any atom is -0.383 e. The summed E-state index contributed by atoms with van der Waals surface area (Å²) >= 11 is 5.90. The van der Waals surface area contributed by atoms with E-state index in [-0.39, 0.29) is 5.91 Å². The third-order valence-electron chi connectivity index (χ3n) is 2.07. The summed E-state index contributed by atoms with van der Waals surface area (Å²) in [6.07, 6.45) is 0.636. The van der Waals surface area contributed by atoms with Crippen LogP contribution in [0.15, 0.2) is 0 Å². The Morgan fingerprint density at radius 3 is 2.07 bits per heavy atom. The number of methoxy groups -OCH3 is 2. The summed E-state index contributed by atoms with van der Waals surface area (Å²) < 4.78 is 9.88. The molecule has 0 rings (SSSR count). The van der Waals surface area contributed by atoms with Crippen molar-refractivity contribution in [1.82, 2.24) is 4.90 Å². The van der Waals surface area contributed by atoms with Crippen LogP contribution in [-0.4, -0.2) is 56.7 Å². The van der Waals surface area contributed by atoms with E-state index < -0.39 is 5.38 Å². The second-order valence-corrected chi connectivity index (χ2v) is 3.71. The first kappa shape index (κ1) is 14.7. The first-order chi connectivity index (χ1) is 7.17. The molecule has 0 radical (unpaired) electrons. The summed E-state index contributed by atoms with van der Waals surface area (Å²) in [5.74, 6) is -0.0479. The van der Waals surface area contributed by atoms with Gasteiger partial charge >= 0.3 is 0 Å². The van der Waals surface area contributed by atoms with E-state index in [1.54, 1.807) is 19.1 Å². The van der Waals surface area contributed by atoms with Crippen molar-refractivity contribution in [3.8, 4) is 0 Å². The molecule has 5 heteroatoms. The molecule has 1 atom stereocenters. The van der Waals surface area contributed by atoms with Crippen molar-refractivity contribution in [3.05, 3.63) is 0 Å². The van der Waals surface area contributed by atoms with Gasteiger partial charge in [-0.05, 0) is 6.42 Å². The number of alkyl halides is 1. The first-order valence-electron chi connectivity index (χ1n) is 5.08. The molecular formula is C10H20ClNO3. The Morgan fingerprint density at radius 2 is 1.73 bits per heavy atom. The molecule has 0 aliphatic heterocycles. The van der Waals surface area contributed by atoms with E-state index in [9.17, 15) is 4.79 Å². The van der Waals surface area contributed by atoms with Crippen LogP contribution >= 0.6 is 11.6 Å². The van der Waals surface area contributed by atoms with Crippen molar-refractivity contribution < 1.29 is 14.3 Å². The Bertz CT molecular complexity index is 170. The fourth-order valence-electron chi connectivity index (χ4n) is 1.11. The Morgan fingerprint density at radius 1 is 1.27 bits per heavy atom. The molecule has 0 aromatic carbocycles. The Hall–Kier alpha value is -0.320. The highest BCUT2D eigenvalue weighted by Gasteiger charge is 2.20. The maximum absolute atomic E-state index is 11.8. The number of nitrogens with zero attached hydrogens (tertiary/aromatic N) is 1. The lowest BCUT2D eigenvalue weighted by Gasteiger charge is -2.23. The molecule has 0 saturated carbocycles. The van der Waals surface area contributed by atoms with Crippen molar-refractivity contribution in [2.45, 2.75) is 18.7 Å². The fourth-order valence-corrected chi connectivity index (χ4v) is 1.25. The number of halogens is 1. The van der Waals surface area contributed by atoms with Crippen LogP contribution in [0.4, 0.5) is 0 Å². The van der Waals surface area contributed by atoms with Crippen LogP contribution in [0.25, 0.3) is 0 Å². The lowest BCUT2D eigenvalue weighted by Crippen LogP contribution is -2.40. The average Bonchev–Trinajstić information content (AvgIpc) is 2.27. The van der Waals surface area contributed by atoms with E-state index in [4.69, 9.17) is 21.1 Å². The van der Waals surface area contributed by atoms with Crippen LogP contribution in [-0.2, 0) is 14.3 Å². The average molecular weight is 238 g/mol. The predicted molar refractivity (Wildman–Crippen MR) is 60.3 cm³/mol. The van der Waals surface area contributed by atoms with Gasteiger partial charge in [0.15, 0.2) is 0 Å². The predicted octanol–water partition coefficient (Wildman–Crippen LogP) is 1.13. The molecule has 0 fully saturated rings. The fraction of sp³-hybridized carbons (Fsp3) is 0.900. The van der Waals surface area contributed by atoms with Gasteiger partial charge in [0.2, 0.25) is 5.91 Å². The molecule has 0 aromatic heterocycles. The van der Waals surface area contributed by atoms with E-state index in [0.29, 0.717) is 32.7 Å². The highest BCUT2D eigenvalue weighted by Crippen LogP contribution is 2.06. The number of amides is 1. The van der Waals surface area contributed by atoms with Crippen LogP contribution in [0.1, 0.15) is 13.3 Å². The van der Waals surface area contributed by atoms with Crippen molar-refractivity contribution in [1.29, 1.82) is 0 Å². The minimum absolute atomic E-state index is 0.0479. The van der Waals surface area contributed by atoms with Crippen LogP contribution < -0.4 is 0 Å². The van der Waals surface area contributed by atoms with Crippen LogP contribution in [0.2, 0.25) is 0 Å². The molecule has 0 spiro atoms. The molecule has 0 heterocycles. The van der Waals surface area contributed by atoms with E-state index in [1.807, 2.05) is 6.92 Å². The third kappa shape index (κ3) is 5.97. The summed E-state index contributed by atoms with van der Waals surface area (Å²) in [6.45, 7) is 4.04. The van der Waals surface area contributed by atoms with Gasteiger partial charge in [-0.25, -0.2) is 0 Å². The molecule has 0 aliphatic carbocycles. The van der Waals surface area contributed by atoms with Crippen LogP contribution in [0, 0.1) is 0 Å². The largest absolute Gasteiger partial charge is 0.383 e. The maximum Gasteiger partial charge on any atom is 0.240 e. The van der Waals surface area contributed by atoms with Gasteiger partial charge in [-0.15, -0.1) is 11.6 Å². The standard InChI is InChI=1S/C10H20ClNO3/c1-4-9(11)10(13)12(5-7-14-2)6-8-15-3/h9H,4-8H2,1-3H3/t9-/m0/s1. The first-order valence-corrected chi connectivity index (χ1v) is 5.51. The summed E-state index contributed by atoms with van der Waals surface area (Å²) in [5.41, 5.74) is 0. The summed E-state index contributed by atoms with van der Waals surface area (Å²) in [6, 6.07) is 0. The summed E-state index contributed by atoms with van der Waals surface area (Å²) in [4.78, 5) is 13.4. The summed E-state index contributed by atoms with van der Waals surface area (Å²) in [7, 11) is 3.22. The third-order valence-corrected chi connectivity index (χ3v) is 2.56. The van der Waals surface area contributed by atoms with Crippen molar-refractivity contribution in [2.24, 2.45) is 0 Å². The molecule has 1 amide bonds. The van der Waals surface area contributed by atoms with Crippen molar-refractivity contribution in [2.75, 3.05) is 40.5 Å². The zero-order chi connectivity index (χ0) is 11.7. The Kier molecular flexibility index (Phi) is 8.76. The van der Waals surface area contributed by atoms with E-state index in [1.165, 1.54) is 0 Å². The number of rotatable bonds is 8. The normalized spacial score (nSPS) is 12.5. The van der Waals surface area contributed by atoms with E-state index in [2.05, 4.69) is 0 Å². The summed E-state index contributed by atoms with van der Waals surface area (Å²) in [5, 5.41) is -0.446. The highest BCUT2D eigenvalue weighted by molar-refractivity contribution is 6.30. The van der Waals surface area contributed by atoms with Crippen LogP contribution in [0.3, 0.4) is 0 Å². The van der Waals surface area contributed by atoms with Gasteiger partial charge in [0, 0.05) is 27.3 Å². The second-order valence-electron chi connectivity index (χ2n) is 3.19. The lowest BCUT2D eigenvalue weighted by molar-refractivity contribution is -0.132. The van der Waals surface area contributed by atoms with Crippen molar-refractivity contribution in [3.63, 3.8) is 0 Å². The molecule has 0 saturated heterocycles. The smallest absolute Gasteiger partial charge is 0.240 e. The molecule has 0 bridgehead atoms. The maximum atomic E-state index is 11.8. The van der Waals surface area contributed by atoms with E-state index >= 15 is 0 Å². The van der Waals surface area contributed by atoms with Gasteiger partial charge in [0.05, 0.1) is 13.2 Å². The Balaban J connectivity index is 4.13. The molecule has 0 aliphatic rings. The second kappa shape index (κ2) is 8.95. The molecule has 0 N–H and O–H groups in total. The monoisotopic (exact) mass is 237 g/mol. The number of carbonyl (C=O) groups excluding carboxylic acids is 1. The highest BCUT2D eigenvalue weighted by atomic mass is 35.5. The van der Waals surface area contributed by atoms with Gasteiger partial charge in [-0.3, -0.25) is 4.79 Å². The zero-order valence-electron chi connectivity index (χ0n) is 9.66. The molecular weight excluding hydrogens is 218 g/mol. The molecule has 90 valence electrons. The van der Waals surface area contributed by atoms with Gasteiger partial charge in [0.25, 0.3) is 0 Å². The molecule has 4 nitrogen and oxygen atoms in total. The van der Waals surface area contributed by atoms with Crippen molar-refractivity contribution >= 4 is 17.5 Å². The van der Waals surface area contributed by atoms with Gasteiger partial charge in [-0.1, -0.05) is 6.92 Å². The van der Waals surface area contributed by atoms with Crippen LogP contribution in [0.5, 0.6) is 0 Å². The SMILES string of the molecule is CC[C@H](Cl)C(=O)N(CCOC)CCOC.